The summed E-state index contributed by atoms with van der Waals surface area (Å²) in [6.45, 7) is 2.19. The summed E-state index contributed by atoms with van der Waals surface area (Å²) in [4.78, 5) is 19.5. The first kappa shape index (κ1) is 25.4. The number of aromatic nitrogens is 1. The smallest absolute Gasteiger partial charge is 0.356 e. The van der Waals surface area contributed by atoms with Crippen LogP contribution in [0.4, 0.5) is 18.9 Å². The van der Waals surface area contributed by atoms with E-state index >= 15 is 0 Å². The average Bonchev–Trinajstić information content (AvgIpc) is 3.11. The molecule has 1 amide bonds. The van der Waals surface area contributed by atoms with E-state index in [4.69, 9.17) is 11.6 Å². The van der Waals surface area contributed by atoms with E-state index in [1.54, 1.807) is 18.2 Å². The van der Waals surface area contributed by atoms with Crippen molar-refractivity contribution in [2.24, 2.45) is 4.99 Å². The predicted molar refractivity (Wildman–Crippen MR) is 120 cm³/mol. The monoisotopic (exact) mass is 561 g/mol. The van der Waals surface area contributed by atoms with Crippen LogP contribution >= 0.6 is 46.9 Å². The van der Waals surface area contributed by atoms with E-state index in [9.17, 15) is 18.0 Å². The van der Waals surface area contributed by atoms with E-state index in [2.05, 4.69) is 25.9 Å². The van der Waals surface area contributed by atoms with Gasteiger partial charge in [0.05, 0.1) is 6.54 Å². The van der Waals surface area contributed by atoms with Gasteiger partial charge in [0.15, 0.2) is 11.7 Å². The third kappa shape index (κ3) is 7.97. The Morgan fingerprint density at radius 3 is 2.66 bits per heavy atom. The molecule has 6 nitrogen and oxygen atoms in total. The number of benzene rings is 1. The normalized spacial score (nSPS) is 11.6. The summed E-state index contributed by atoms with van der Waals surface area (Å²) in [5.74, 6) is 0.151. The van der Waals surface area contributed by atoms with Crippen LogP contribution in [0, 0.1) is 6.92 Å². The fourth-order valence-corrected chi connectivity index (χ4v) is 3.07. The number of halogens is 5. The van der Waals surface area contributed by atoms with Gasteiger partial charge in [0.1, 0.15) is 5.01 Å². The minimum Gasteiger partial charge on any atom is -0.356 e. The molecule has 0 aliphatic rings. The Morgan fingerprint density at radius 1 is 1.31 bits per heavy atom. The maximum atomic E-state index is 12.6. The molecule has 0 unspecified atom stereocenters. The van der Waals surface area contributed by atoms with Gasteiger partial charge in [-0.15, -0.1) is 35.3 Å². The first-order valence-corrected chi connectivity index (χ1v) is 9.47. The van der Waals surface area contributed by atoms with Crippen LogP contribution in [0.3, 0.4) is 0 Å². The van der Waals surface area contributed by atoms with Crippen LogP contribution in [-0.4, -0.2) is 30.4 Å². The zero-order chi connectivity index (χ0) is 20.7. The molecule has 29 heavy (non-hydrogen) atoms. The maximum absolute atomic E-state index is 12.6. The van der Waals surface area contributed by atoms with Crippen LogP contribution in [-0.2, 0) is 17.5 Å². The summed E-state index contributed by atoms with van der Waals surface area (Å²) in [5, 5.41) is 10.4. The Morgan fingerprint density at radius 2 is 2.03 bits per heavy atom. The standard InChI is InChI=1S/C17H19ClF3N5OS.HI/c1-10-11(18)4-3-5-12(10)25-14(27)6-7-23-16(22-2)24-8-15-26-13(9-28-15)17(19,20)21;/h3-5,9H,6-8H2,1-2H3,(H,25,27)(H2,22,23,24);1H. The van der Waals surface area contributed by atoms with Gasteiger partial charge in [-0.3, -0.25) is 9.79 Å². The number of carbonyl (C=O) groups excluding carboxylic acids is 1. The second-order valence-corrected chi connectivity index (χ2v) is 7.04. The molecule has 2 rings (SSSR count). The fourth-order valence-electron chi connectivity index (χ4n) is 2.15. The number of anilines is 1. The number of hydrogen-bond acceptors (Lipinski definition) is 4. The molecule has 1 aromatic heterocycles. The molecule has 3 N–H and O–H groups in total. The zero-order valence-electron chi connectivity index (χ0n) is 15.6. The minimum absolute atomic E-state index is 0. The molecule has 0 saturated carbocycles. The number of rotatable bonds is 6. The lowest BCUT2D eigenvalue weighted by molar-refractivity contribution is -0.140. The molecule has 0 aliphatic carbocycles. The van der Waals surface area contributed by atoms with Crippen molar-refractivity contribution in [1.29, 1.82) is 0 Å². The molecule has 2 aromatic rings. The van der Waals surface area contributed by atoms with Crippen LogP contribution in [0.2, 0.25) is 5.02 Å². The van der Waals surface area contributed by atoms with Crippen molar-refractivity contribution in [2.45, 2.75) is 26.1 Å². The molecule has 0 atom stereocenters. The van der Waals surface area contributed by atoms with E-state index in [1.807, 2.05) is 6.92 Å². The minimum atomic E-state index is -4.45. The third-order valence-electron chi connectivity index (χ3n) is 3.66. The van der Waals surface area contributed by atoms with E-state index in [-0.39, 0.29) is 54.4 Å². The van der Waals surface area contributed by atoms with Gasteiger partial charge in [-0.2, -0.15) is 13.2 Å². The second kappa shape index (κ2) is 11.6. The number of carbonyl (C=O) groups is 1. The number of alkyl halides is 3. The molecular formula is C17H20ClF3IN5OS. The van der Waals surface area contributed by atoms with Gasteiger partial charge < -0.3 is 16.0 Å². The van der Waals surface area contributed by atoms with Crippen LogP contribution < -0.4 is 16.0 Å². The summed E-state index contributed by atoms with van der Waals surface area (Å²) >= 11 is 6.93. The van der Waals surface area contributed by atoms with Crippen molar-refractivity contribution in [3.8, 4) is 0 Å². The zero-order valence-corrected chi connectivity index (χ0v) is 19.5. The summed E-state index contributed by atoms with van der Waals surface area (Å²) in [5.41, 5.74) is 0.513. The van der Waals surface area contributed by atoms with Crippen LogP contribution in [0.1, 0.15) is 22.7 Å². The summed E-state index contributed by atoms with van der Waals surface area (Å²) in [6.07, 6.45) is -4.29. The average molecular weight is 562 g/mol. The van der Waals surface area contributed by atoms with Gasteiger partial charge in [-0.1, -0.05) is 17.7 Å². The van der Waals surface area contributed by atoms with Crippen molar-refractivity contribution < 1.29 is 18.0 Å². The molecular weight excluding hydrogens is 542 g/mol. The SMILES string of the molecule is CN=C(NCCC(=O)Nc1cccc(Cl)c1C)NCc1nc(C(F)(F)F)cs1.I. The highest BCUT2D eigenvalue weighted by Crippen LogP contribution is 2.29. The van der Waals surface area contributed by atoms with Gasteiger partial charge in [-0.25, -0.2) is 4.98 Å². The van der Waals surface area contributed by atoms with E-state index in [0.717, 1.165) is 22.3 Å². The van der Waals surface area contributed by atoms with Gasteiger partial charge >= 0.3 is 6.18 Å². The Balaban J connectivity index is 0.00000420. The Hall–Kier alpha value is -1.60. The van der Waals surface area contributed by atoms with Gasteiger partial charge in [-0.05, 0) is 24.6 Å². The molecule has 160 valence electrons. The lowest BCUT2D eigenvalue weighted by atomic mass is 10.2. The molecule has 0 radical (unpaired) electrons. The van der Waals surface area contributed by atoms with E-state index in [0.29, 0.717) is 16.7 Å². The third-order valence-corrected chi connectivity index (χ3v) is 4.92. The lowest BCUT2D eigenvalue weighted by Crippen LogP contribution is -2.38. The van der Waals surface area contributed by atoms with Crippen LogP contribution in [0.5, 0.6) is 0 Å². The van der Waals surface area contributed by atoms with E-state index < -0.39 is 11.9 Å². The summed E-state index contributed by atoms with van der Waals surface area (Å²) < 4.78 is 37.7. The quantitative estimate of drug-likeness (QED) is 0.277. The Kier molecular flexibility index (Phi) is 10.1. The summed E-state index contributed by atoms with van der Waals surface area (Å²) in [7, 11) is 1.52. The van der Waals surface area contributed by atoms with Crippen molar-refractivity contribution in [3.05, 3.63) is 44.9 Å². The molecule has 1 heterocycles. The van der Waals surface area contributed by atoms with Crippen LogP contribution in [0.15, 0.2) is 28.6 Å². The highest BCUT2D eigenvalue weighted by atomic mass is 127. The van der Waals surface area contributed by atoms with Gasteiger partial charge in [0, 0.05) is 36.1 Å². The molecule has 1 aromatic carbocycles. The molecule has 12 heteroatoms. The molecule has 0 bridgehead atoms. The van der Waals surface area contributed by atoms with E-state index in [1.165, 1.54) is 7.05 Å². The number of amides is 1. The second-order valence-electron chi connectivity index (χ2n) is 5.69. The maximum Gasteiger partial charge on any atom is 0.434 e. The largest absolute Gasteiger partial charge is 0.434 e. The van der Waals surface area contributed by atoms with Crippen molar-refractivity contribution in [2.75, 3.05) is 18.9 Å². The van der Waals surface area contributed by atoms with Crippen molar-refractivity contribution >= 4 is 64.5 Å². The number of nitrogens with zero attached hydrogens (tertiary/aromatic N) is 2. The number of thiazole rings is 1. The predicted octanol–water partition coefficient (Wildman–Crippen LogP) is 4.44. The highest BCUT2D eigenvalue weighted by Gasteiger charge is 2.33. The summed E-state index contributed by atoms with van der Waals surface area (Å²) in [6, 6.07) is 5.25. The first-order chi connectivity index (χ1) is 13.2. The Bertz CT molecular complexity index is 860. The first-order valence-electron chi connectivity index (χ1n) is 8.21. The van der Waals surface area contributed by atoms with Gasteiger partial charge in [0.2, 0.25) is 5.91 Å². The number of hydrogen-bond donors (Lipinski definition) is 3. The van der Waals surface area contributed by atoms with Gasteiger partial charge in [0.25, 0.3) is 0 Å². The molecule has 0 spiro atoms. The number of nitrogens with one attached hydrogen (secondary N) is 3. The fraction of sp³-hybridized carbons (Fsp3) is 0.353. The van der Waals surface area contributed by atoms with Crippen molar-refractivity contribution in [3.63, 3.8) is 0 Å². The topological polar surface area (TPSA) is 78.4 Å². The van der Waals surface area contributed by atoms with Crippen molar-refractivity contribution in [1.82, 2.24) is 15.6 Å². The number of guanidine groups is 1. The molecule has 0 aliphatic heterocycles. The van der Waals surface area contributed by atoms with Crippen LogP contribution in [0.25, 0.3) is 0 Å². The number of aliphatic imine (C=N–C) groups is 1. The highest BCUT2D eigenvalue weighted by molar-refractivity contribution is 14.0. The Labute approximate surface area is 192 Å². The molecule has 0 fully saturated rings. The lowest BCUT2D eigenvalue weighted by Gasteiger charge is -2.12. The molecule has 0 saturated heterocycles.